The second-order valence-electron chi connectivity index (χ2n) is 2.09. The molecule has 1 heterocycles. The van der Waals surface area contributed by atoms with E-state index in [0.29, 0.717) is 11.5 Å². The summed E-state index contributed by atoms with van der Waals surface area (Å²) in [5.41, 5.74) is 0. The van der Waals surface area contributed by atoms with E-state index in [4.69, 9.17) is 21.3 Å². The van der Waals surface area contributed by atoms with Crippen molar-refractivity contribution in [2.75, 3.05) is 6.79 Å². The van der Waals surface area contributed by atoms with Crippen LogP contribution in [-0.2, 0) is 0 Å². The minimum atomic E-state index is 0.265. The minimum absolute atomic E-state index is 0.265. The summed E-state index contributed by atoms with van der Waals surface area (Å²) in [6.45, 7) is 0.265. The molecule has 0 N–H and O–H groups in total. The van der Waals surface area contributed by atoms with Gasteiger partial charge in [0.25, 0.3) is 0 Å². The van der Waals surface area contributed by atoms with E-state index >= 15 is 0 Å². The molecule has 0 aromatic heterocycles. The SMILES string of the molecule is ClOc1ccc2c(c1)OCO2. The summed E-state index contributed by atoms with van der Waals surface area (Å²) in [6, 6.07) is 5.13. The zero-order valence-electron chi connectivity index (χ0n) is 5.54. The molecule has 0 amide bonds. The van der Waals surface area contributed by atoms with Gasteiger partial charge in [-0.25, -0.2) is 0 Å². The first-order valence-corrected chi connectivity index (χ1v) is 3.39. The number of hydrogen-bond donors (Lipinski definition) is 0. The fraction of sp³-hybridized carbons (Fsp3) is 0.143. The highest BCUT2D eigenvalue weighted by atomic mass is 35.5. The van der Waals surface area contributed by atoms with Crippen LogP contribution < -0.4 is 13.8 Å². The molecule has 0 spiro atoms. The van der Waals surface area contributed by atoms with Crippen LogP contribution in [0.2, 0.25) is 0 Å². The summed E-state index contributed by atoms with van der Waals surface area (Å²) in [5, 5.41) is 0. The summed E-state index contributed by atoms with van der Waals surface area (Å²) in [5.74, 6) is 1.95. The molecule has 2 rings (SSSR count). The van der Waals surface area contributed by atoms with Gasteiger partial charge in [-0.05, 0) is 12.1 Å². The number of fused-ring (bicyclic) bond motifs is 1. The maximum absolute atomic E-state index is 5.13. The molecule has 4 heteroatoms. The molecule has 0 aliphatic carbocycles. The lowest BCUT2D eigenvalue weighted by atomic mass is 10.3. The Labute approximate surface area is 68.6 Å². The van der Waals surface area contributed by atoms with Gasteiger partial charge in [-0.1, -0.05) is 0 Å². The first-order chi connectivity index (χ1) is 5.40. The van der Waals surface area contributed by atoms with E-state index in [-0.39, 0.29) is 6.79 Å². The smallest absolute Gasteiger partial charge is 0.231 e. The van der Waals surface area contributed by atoms with Crippen molar-refractivity contribution in [1.82, 2.24) is 0 Å². The number of ether oxygens (including phenoxy) is 2. The molecule has 0 saturated carbocycles. The van der Waals surface area contributed by atoms with E-state index in [9.17, 15) is 0 Å². The largest absolute Gasteiger partial charge is 0.454 e. The molecule has 1 aliphatic rings. The van der Waals surface area contributed by atoms with Crippen molar-refractivity contribution in [2.45, 2.75) is 0 Å². The number of halogens is 1. The highest BCUT2D eigenvalue weighted by Gasteiger charge is 2.13. The molecule has 1 aromatic carbocycles. The summed E-state index contributed by atoms with van der Waals surface area (Å²) < 4.78 is 14.6. The normalized spacial score (nSPS) is 13.2. The van der Waals surface area contributed by atoms with E-state index < -0.39 is 0 Å². The van der Waals surface area contributed by atoms with E-state index in [1.54, 1.807) is 18.2 Å². The van der Waals surface area contributed by atoms with Crippen LogP contribution in [0.25, 0.3) is 0 Å². The first-order valence-electron chi connectivity index (χ1n) is 3.08. The van der Waals surface area contributed by atoms with Gasteiger partial charge in [-0.3, -0.25) is 0 Å². The predicted octanol–water partition coefficient (Wildman–Crippen LogP) is 1.95. The molecule has 0 unspecified atom stereocenters. The Morgan fingerprint density at radius 1 is 1.27 bits per heavy atom. The molecule has 58 valence electrons. The van der Waals surface area contributed by atoms with Crippen LogP contribution in [0.15, 0.2) is 18.2 Å². The van der Waals surface area contributed by atoms with Gasteiger partial charge in [0.2, 0.25) is 6.79 Å². The molecule has 1 aliphatic heterocycles. The molecule has 0 bridgehead atoms. The van der Waals surface area contributed by atoms with Gasteiger partial charge in [-0.15, -0.1) is 0 Å². The summed E-state index contributed by atoms with van der Waals surface area (Å²) >= 11 is 5.13. The van der Waals surface area contributed by atoms with Gasteiger partial charge in [-0.2, -0.15) is 0 Å². The van der Waals surface area contributed by atoms with Crippen LogP contribution in [0, 0.1) is 0 Å². The Morgan fingerprint density at radius 3 is 2.91 bits per heavy atom. The lowest BCUT2D eigenvalue weighted by Gasteiger charge is -1.96. The topological polar surface area (TPSA) is 27.7 Å². The predicted molar refractivity (Wildman–Crippen MR) is 39.0 cm³/mol. The Kier molecular flexibility index (Phi) is 1.51. The minimum Gasteiger partial charge on any atom is -0.454 e. The van der Waals surface area contributed by atoms with Crippen LogP contribution >= 0.6 is 11.9 Å². The number of benzene rings is 1. The molecule has 0 saturated heterocycles. The monoisotopic (exact) mass is 172 g/mol. The summed E-state index contributed by atoms with van der Waals surface area (Å²) in [6.07, 6.45) is 0. The van der Waals surface area contributed by atoms with Crippen molar-refractivity contribution in [2.24, 2.45) is 0 Å². The average molecular weight is 173 g/mol. The maximum atomic E-state index is 5.13. The molecule has 0 atom stereocenters. The molecule has 0 fully saturated rings. The highest BCUT2D eigenvalue weighted by Crippen LogP contribution is 2.35. The van der Waals surface area contributed by atoms with E-state index in [1.807, 2.05) is 0 Å². The Balaban J connectivity index is 2.41. The fourth-order valence-electron chi connectivity index (χ4n) is 0.925. The van der Waals surface area contributed by atoms with Crippen LogP contribution in [0.4, 0.5) is 0 Å². The van der Waals surface area contributed by atoms with Gasteiger partial charge in [0, 0.05) is 6.07 Å². The first kappa shape index (κ1) is 6.61. The van der Waals surface area contributed by atoms with Gasteiger partial charge < -0.3 is 13.8 Å². The van der Waals surface area contributed by atoms with Gasteiger partial charge in [0.15, 0.2) is 11.5 Å². The quantitative estimate of drug-likeness (QED) is 0.648. The van der Waals surface area contributed by atoms with Gasteiger partial charge in [0.1, 0.15) is 17.6 Å². The van der Waals surface area contributed by atoms with Crippen molar-refractivity contribution in [3.05, 3.63) is 18.2 Å². The summed E-state index contributed by atoms with van der Waals surface area (Å²) in [4.78, 5) is 0. The average Bonchev–Trinajstić information content (AvgIpc) is 2.50. The standard InChI is InChI=1S/C7H5ClO3/c8-11-5-1-2-6-7(3-5)10-4-9-6/h1-3H,4H2. The second kappa shape index (κ2) is 2.51. The third-order valence-electron chi connectivity index (χ3n) is 1.43. The second-order valence-corrected chi connectivity index (χ2v) is 2.25. The molecular formula is C7H5ClO3. The van der Waals surface area contributed by atoms with E-state index in [1.165, 1.54) is 0 Å². The molecule has 11 heavy (non-hydrogen) atoms. The van der Waals surface area contributed by atoms with Crippen molar-refractivity contribution in [3.8, 4) is 17.2 Å². The van der Waals surface area contributed by atoms with Crippen molar-refractivity contribution in [3.63, 3.8) is 0 Å². The van der Waals surface area contributed by atoms with Crippen LogP contribution in [0.5, 0.6) is 17.2 Å². The van der Waals surface area contributed by atoms with Gasteiger partial charge >= 0.3 is 0 Å². The van der Waals surface area contributed by atoms with Crippen LogP contribution in [-0.4, -0.2) is 6.79 Å². The van der Waals surface area contributed by atoms with Crippen molar-refractivity contribution < 1.29 is 13.8 Å². The number of hydrogen-bond acceptors (Lipinski definition) is 3. The maximum Gasteiger partial charge on any atom is 0.231 e. The van der Waals surface area contributed by atoms with Crippen LogP contribution in [0.1, 0.15) is 0 Å². The zero-order valence-corrected chi connectivity index (χ0v) is 6.30. The van der Waals surface area contributed by atoms with E-state index in [2.05, 4.69) is 4.29 Å². The Morgan fingerprint density at radius 2 is 2.09 bits per heavy atom. The third-order valence-corrected chi connectivity index (χ3v) is 1.61. The van der Waals surface area contributed by atoms with E-state index in [0.717, 1.165) is 5.75 Å². The number of rotatable bonds is 1. The third kappa shape index (κ3) is 1.07. The molecule has 0 radical (unpaired) electrons. The lowest BCUT2D eigenvalue weighted by molar-refractivity contribution is 0.174. The fourth-order valence-corrected chi connectivity index (χ4v) is 1.02. The molecular weight excluding hydrogens is 168 g/mol. The summed E-state index contributed by atoms with van der Waals surface area (Å²) in [7, 11) is 0. The van der Waals surface area contributed by atoms with Crippen molar-refractivity contribution in [1.29, 1.82) is 0 Å². The Bertz CT molecular complexity index is 274. The zero-order chi connectivity index (χ0) is 7.68. The van der Waals surface area contributed by atoms with Gasteiger partial charge in [0.05, 0.1) is 0 Å². The lowest BCUT2D eigenvalue weighted by Crippen LogP contribution is -1.92. The highest BCUT2D eigenvalue weighted by molar-refractivity contribution is 6.09. The van der Waals surface area contributed by atoms with Crippen molar-refractivity contribution >= 4 is 11.9 Å². The Hall–Kier alpha value is -1.09. The molecule has 1 aromatic rings. The van der Waals surface area contributed by atoms with Crippen LogP contribution in [0.3, 0.4) is 0 Å². The molecule has 3 nitrogen and oxygen atoms in total.